The first-order valence-corrected chi connectivity index (χ1v) is 3.89. The van der Waals surface area contributed by atoms with Gasteiger partial charge < -0.3 is 5.73 Å². The van der Waals surface area contributed by atoms with Crippen LogP contribution in [0.3, 0.4) is 0 Å². The molecule has 0 aliphatic carbocycles. The SMILES string of the molecule is CC.CC.CNN(C)C(N)=O. The van der Waals surface area contributed by atoms with Crippen LogP contribution in [-0.4, -0.2) is 25.1 Å². The molecule has 0 saturated heterocycles. The average molecular weight is 163 g/mol. The van der Waals surface area contributed by atoms with E-state index < -0.39 is 6.03 Å². The first kappa shape index (κ1) is 16.7. The molecule has 0 aromatic heterocycles. The summed E-state index contributed by atoms with van der Waals surface area (Å²) in [6.07, 6.45) is 0. The maximum Gasteiger partial charge on any atom is 0.328 e. The summed E-state index contributed by atoms with van der Waals surface area (Å²) in [6.45, 7) is 8.00. The fourth-order valence-corrected chi connectivity index (χ4v) is 0.110. The molecular formula is C7H21N3O. The van der Waals surface area contributed by atoms with Crippen molar-refractivity contribution in [2.45, 2.75) is 27.7 Å². The fraction of sp³-hybridized carbons (Fsp3) is 0.857. The van der Waals surface area contributed by atoms with E-state index in [-0.39, 0.29) is 0 Å². The molecule has 0 aromatic rings. The summed E-state index contributed by atoms with van der Waals surface area (Å²) in [5.74, 6) is 0. The standard InChI is InChI=1S/C3H9N3O.2C2H6/c1-5-6(2)3(4)7;2*1-2/h5H,1-2H3,(H2,4,7);2*1-2H3. The van der Waals surface area contributed by atoms with Crippen molar-refractivity contribution in [2.24, 2.45) is 5.73 Å². The lowest BCUT2D eigenvalue weighted by Gasteiger charge is -2.09. The normalized spacial score (nSPS) is 6.36. The van der Waals surface area contributed by atoms with E-state index >= 15 is 0 Å². The van der Waals surface area contributed by atoms with Crippen molar-refractivity contribution < 1.29 is 4.79 Å². The molecule has 2 amide bonds. The molecule has 0 radical (unpaired) electrons. The van der Waals surface area contributed by atoms with Gasteiger partial charge in [0.05, 0.1) is 0 Å². The van der Waals surface area contributed by atoms with Crippen LogP contribution in [0.25, 0.3) is 0 Å². The van der Waals surface area contributed by atoms with Crippen molar-refractivity contribution in [3.8, 4) is 0 Å². The molecule has 0 aromatic carbocycles. The minimum atomic E-state index is -0.484. The van der Waals surface area contributed by atoms with Gasteiger partial charge in [0.15, 0.2) is 0 Å². The molecule has 0 aliphatic rings. The van der Waals surface area contributed by atoms with Gasteiger partial charge in [0.25, 0.3) is 0 Å². The molecule has 0 spiro atoms. The van der Waals surface area contributed by atoms with E-state index in [2.05, 4.69) is 5.43 Å². The quantitative estimate of drug-likeness (QED) is 0.570. The van der Waals surface area contributed by atoms with Crippen molar-refractivity contribution in [2.75, 3.05) is 14.1 Å². The minimum Gasteiger partial charge on any atom is -0.350 e. The van der Waals surface area contributed by atoms with Crippen molar-refractivity contribution in [1.82, 2.24) is 10.4 Å². The summed E-state index contributed by atoms with van der Waals surface area (Å²) in [5, 5.41) is 1.18. The monoisotopic (exact) mass is 163 g/mol. The maximum absolute atomic E-state index is 10.0. The van der Waals surface area contributed by atoms with Crippen LogP contribution in [0, 0.1) is 0 Å². The number of amides is 2. The van der Waals surface area contributed by atoms with E-state index in [1.807, 2.05) is 27.7 Å². The van der Waals surface area contributed by atoms with Crippen molar-refractivity contribution in [1.29, 1.82) is 0 Å². The van der Waals surface area contributed by atoms with E-state index in [0.29, 0.717) is 0 Å². The summed E-state index contributed by atoms with van der Waals surface area (Å²) in [4.78, 5) is 10.0. The van der Waals surface area contributed by atoms with E-state index in [4.69, 9.17) is 5.73 Å². The number of carbonyl (C=O) groups is 1. The Morgan fingerprint density at radius 1 is 1.27 bits per heavy atom. The number of nitrogens with zero attached hydrogens (tertiary/aromatic N) is 1. The Morgan fingerprint density at radius 3 is 1.55 bits per heavy atom. The second-order valence-corrected chi connectivity index (χ2v) is 1.12. The minimum absolute atomic E-state index is 0.484. The molecule has 0 unspecified atom stereocenters. The number of primary amides is 1. The Bertz CT molecular complexity index is 76.1. The van der Waals surface area contributed by atoms with Crippen LogP contribution in [0.2, 0.25) is 0 Å². The van der Waals surface area contributed by atoms with Gasteiger partial charge in [-0.25, -0.2) is 10.2 Å². The molecule has 0 rings (SSSR count). The highest BCUT2D eigenvalue weighted by molar-refractivity contribution is 5.70. The zero-order valence-electron chi connectivity index (χ0n) is 8.43. The summed E-state index contributed by atoms with van der Waals surface area (Å²) in [5.41, 5.74) is 7.29. The van der Waals surface area contributed by atoms with Crippen LogP contribution >= 0.6 is 0 Å². The molecule has 11 heavy (non-hydrogen) atoms. The zero-order valence-corrected chi connectivity index (χ0v) is 8.43. The molecule has 0 fully saturated rings. The first-order valence-electron chi connectivity index (χ1n) is 3.89. The summed E-state index contributed by atoms with van der Waals surface area (Å²) < 4.78 is 0. The second-order valence-electron chi connectivity index (χ2n) is 1.12. The summed E-state index contributed by atoms with van der Waals surface area (Å²) in [7, 11) is 3.16. The van der Waals surface area contributed by atoms with Crippen LogP contribution in [0.5, 0.6) is 0 Å². The van der Waals surface area contributed by atoms with Gasteiger partial charge in [-0.05, 0) is 0 Å². The van der Waals surface area contributed by atoms with Crippen molar-refractivity contribution in [3.05, 3.63) is 0 Å². The van der Waals surface area contributed by atoms with Crippen LogP contribution in [0.4, 0.5) is 4.79 Å². The third-order valence-electron chi connectivity index (χ3n) is 0.666. The second kappa shape index (κ2) is 16.1. The number of carbonyl (C=O) groups excluding carboxylic acids is 1. The van der Waals surface area contributed by atoms with Gasteiger partial charge >= 0.3 is 6.03 Å². The van der Waals surface area contributed by atoms with Crippen LogP contribution in [0.15, 0.2) is 0 Å². The zero-order chi connectivity index (χ0) is 9.86. The Morgan fingerprint density at radius 2 is 1.55 bits per heavy atom. The largest absolute Gasteiger partial charge is 0.350 e. The third-order valence-corrected chi connectivity index (χ3v) is 0.666. The smallest absolute Gasteiger partial charge is 0.328 e. The van der Waals surface area contributed by atoms with Crippen LogP contribution in [0.1, 0.15) is 27.7 Å². The third kappa shape index (κ3) is 17.6. The Labute approximate surface area is 69.7 Å². The predicted octanol–water partition coefficient (Wildman–Crippen LogP) is 1.18. The average Bonchev–Trinajstić information content (AvgIpc) is 2.10. The number of nitrogens with two attached hydrogens (primary N) is 1. The number of hydrazine groups is 1. The Kier molecular flexibility index (Phi) is 24.4. The summed E-state index contributed by atoms with van der Waals surface area (Å²) in [6, 6.07) is -0.484. The number of hydrogen-bond acceptors (Lipinski definition) is 2. The van der Waals surface area contributed by atoms with Gasteiger partial charge in [-0.3, -0.25) is 5.01 Å². The summed E-state index contributed by atoms with van der Waals surface area (Å²) >= 11 is 0. The lowest BCUT2D eigenvalue weighted by atomic mass is 11.0. The molecule has 0 aliphatic heterocycles. The molecular weight excluding hydrogens is 142 g/mol. The van der Waals surface area contributed by atoms with Gasteiger partial charge in [-0.2, -0.15) is 0 Å². The molecule has 3 N–H and O–H groups in total. The fourth-order valence-electron chi connectivity index (χ4n) is 0.110. The van der Waals surface area contributed by atoms with E-state index in [1.54, 1.807) is 14.1 Å². The number of urea groups is 1. The van der Waals surface area contributed by atoms with Gasteiger partial charge in [0, 0.05) is 14.1 Å². The van der Waals surface area contributed by atoms with Crippen molar-refractivity contribution in [3.63, 3.8) is 0 Å². The molecule has 4 nitrogen and oxygen atoms in total. The van der Waals surface area contributed by atoms with E-state index in [0.717, 1.165) is 0 Å². The molecule has 4 heteroatoms. The van der Waals surface area contributed by atoms with Gasteiger partial charge in [0.1, 0.15) is 0 Å². The number of rotatable bonds is 1. The van der Waals surface area contributed by atoms with Gasteiger partial charge in [-0.15, -0.1) is 0 Å². The van der Waals surface area contributed by atoms with E-state index in [9.17, 15) is 4.79 Å². The predicted molar refractivity (Wildman–Crippen MR) is 49.1 cm³/mol. The molecule has 0 heterocycles. The van der Waals surface area contributed by atoms with Crippen LogP contribution in [-0.2, 0) is 0 Å². The van der Waals surface area contributed by atoms with Gasteiger partial charge in [-0.1, -0.05) is 27.7 Å². The lowest BCUT2D eigenvalue weighted by Crippen LogP contribution is -2.40. The van der Waals surface area contributed by atoms with Crippen molar-refractivity contribution >= 4 is 6.03 Å². The molecule has 0 bridgehead atoms. The maximum atomic E-state index is 10.0. The van der Waals surface area contributed by atoms with E-state index in [1.165, 1.54) is 5.01 Å². The van der Waals surface area contributed by atoms with Crippen LogP contribution < -0.4 is 11.2 Å². The number of hydrogen-bond donors (Lipinski definition) is 2. The highest BCUT2D eigenvalue weighted by Crippen LogP contribution is 1.66. The highest BCUT2D eigenvalue weighted by Gasteiger charge is 1.94. The molecule has 0 atom stereocenters. The van der Waals surface area contributed by atoms with Gasteiger partial charge in [0.2, 0.25) is 0 Å². The topological polar surface area (TPSA) is 58.4 Å². The first-order chi connectivity index (χ1) is 5.18. The Hall–Kier alpha value is -0.770. The highest BCUT2D eigenvalue weighted by atomic mass is 16.2. The molecule has 70 valence electrons. The Balaban J connectivity index is -0.000000138. The molecule has 0 saturated carbocycles. The lowest BCUT2D eigenvalue weighted by molar-refractivity contribution is 0.203. The number of nitrogens with one attached hydrogen (secondary N) is 1.